The Morgan fingerprint density at radius 1 is 1.36 bits per heavy atom. The average Bonchev–Trinajstić information content (AvgIpc) is 3.26. The summed E-state index contributed by atoms with van der Waals surface area (Å²) in [7, 11) is 3.33. The minimum Gasteiger partial charge on any atom is -0.467 e. The van der Waals surface area contributed by atoms with Gasteiger partial charge >= 0.3 is 6.03 Å². The van der Waals surface area contributed by atoms with Gasteiger partial charge in [0.25, 0.3) is 0 Å². The number of nitrogens with zero attached hydrogens (tertiary/aromatic N) is 3. The Morgan fingerprint density at radius 2 is 2.16 bits per heavy atom. The van der Waals surface area contributed by atoms with E-state index < -0.39 is 0 Å². The van der Waals surface area contributed by atoms with Gasteiger partial charge < -0.3 is 23.9 Å². The van der Waals surface area contributed by atoms with Crippen LogP contribution in [0.1, 0.15) is 18.6 Å². The molecule has 0 saturated carbocycles. The second-order valence-electron chi connectivity index (χ2n) is 6.33. The van der Waals surface area contributed by atoms with Crippen molar-refractivity contribution >= 4 is 11.9 Å². The molecule has 0 bridgehead atoms. The molecule has 1 saturated heterocycles. The Balaban J connectivity index is 2.06. The fourth-order valence-electron chi connectivity index (χ4n) is 2.79. The number of hydrogen-bond donors (Lipinski definition) is 0. The minimum atomic E-state index is -0.219. The van der Waals surface area contributed by atoms with Gasteiger partial charge in [0.2, 0.25) is 5.91 Å². The lowest BCUT2D eigenvalue weighted by atomic mass is 10.2. The highest BCUT2D eigenvalue weighted by molar-refractivity contribution is 5.84. The third-order valence-corrected chi connectivity index (χ3v) is 4.06. The molecule has 1 aliphatic rings. The van der Waals surface area contributed by atoms with E-state index in [0.717, 1.165) is 19.4 Å². The van der Waals surface area contributed by atoms with Gasteiger partial charge in [-0.15, -0.1) is 6.58 Å². The summed E-state index contributed by atoms with van der Waals surface area (Å²) in [6.07, 6.45) is 5.19. The van der Waals surface area contributed by atoms with Crippen LogP contribution in [0.2, 0.25) is 0 Å². The second-order valence-corrected chi connectivity index (χ2v) is 6.33. The average molecular weight is 349 g/mol. The van der Waals surface area contributed by atoms with Crippen LogP contribution in [0, 0.1) is 0 Å². The van der Waals surface area contributed by atoms with Crippen LogP contribution in [0.3, 0.4) is 0 Å². The van der Waals surface area contributed by atoms with Crippen LogP contribution in [-0.4, -0.2) is 73.1 Å². The first-order valence-corrected chi connectivity index (χ1v) is 8.50. The minimum absolute atomic E-state index is 0.00351. The van der Waals surface area contributed by atoms with E-state index >= 15 is 0 Å². The Labute approximate surface area is 148 Å². The number of furan rings is 1. The van der Waals surface area contributed by atoms with Crippen molar-refractivity contribution in [2.24, 2.45) is 0 Å². The number of urea groups is 1. The smallest absolute Gasteiger partial charge is 0.320 e. The molecule has 1 atom stereocenters. The van der Waals surface area contributed by atoms with Crippen molar-refractivity contribution in [1.82, 2.24) is 14.7 Å². The normalized spacial score (nSPS) is 16.5. The Morgan fingerprint density at radius 3 is 2.72 bits per heavy atom. The molecule has 2 heterocycles. The van der Waals surface area contributed by atoms with Crippen molar-refractivity contribution in [2.75, 3.05) is 40.3 Å². The monoisotopic (exact) mass is 349 g/mol. The van der Waals surface area contributed by atoms with Gasteiger partial charge in [-0.25, -0.2) is 4.79 Å². The van der Waals surface area contributed by atoms with Crippen LogP contribution in [0.15, 0.2) is 35.5 Å². The molecule has 138 valence electrons. The molecule has 2 rings (SSSR count). The molecule has 0 N–H and O–H groups in total. The first-order chi connectivity index (χ1) is 12.0. The molecule has 0 unspecified atom stereocenters. The third-order valence-electron chi connectivity index (χ3n) is 4.06. The number of carbonyl (C=O) groups excluding carboxylic acids is 2. The van der Waals surface area contributed by atoms with E-state index in [-0.39, 0.29) is 24.6 Å². The molecule has 1 aliphatic heterocycles. The Kier molecular flexibility index (Phi) is 7.06. The lowest BCUT2D eigenvalue weighted by Crippen LogP contribution is -2.47. The lowest BCUT2D eigenvalue weighted by Gasteiger charge is -2.29. The van der Waals surface area contributed by atoms with Crippen LogP contribution in [0.5, 0.6) is 0 Å². The Hall–Kier alpha value is -2.28. The first-order valence-electron chi connectivity index (χ1n) is 8.50. The van der Waals surface area contributed by atoms with Crippen molar-refractivity contribution in [3.05, 3.63) is 36.8 Å². The topological polar surface area (TPSA) is 66.2 Å². The maximum Gasteiger partial charge on any atom is 0.320 e. The molecule has 0 spiro atoms. The van der Waals surface area contributed by atoms with Gasteiger partial charge in [0.1, 0.15) is 12.3 Å². The standard InChI is InChI=1S/C18H27N3O4/c1-4-9-20(18(23)19(2)3)14-17(22)21(12-15-7-5-10-24-15)13-16-8-6-11-25-16/h4-5,7,10,16H,1,6,8-9,11-14H2,2-3H3/t16-/m0/s1. The molecular weight excluding hydrogens is 322 g/mol. The van der Waals surface area contributed by atoms with E-state index in [1.165, 1.54) is 9.80 Å². The quantitative estimate of drug-likeness (QED) is 0.673. The van der Waals surface area contributed by atoms with E-state index in [0.29, 0.717) is 25.4 Å². The molecule has 25 heavy (non-hydrogen) atoms. The van der Waals surface area contributed by atoms with Gasteiger partial charge in [0.15, 0.2) is 0 Å². The largest absolute Gasteiger partial charge is 0.467 e. The van der Waals surface area contributed by atoms with Crippen molar-refractivity contribution < 1.29 is 18.7 Å². The molecule has 3 amide bonds. The number of rotatable bonds is 8. The number of amides is 3. The third kappa shape index (κ3) is 5.63. The number of hydrogen-bond acceptors (Lipinski definition) is 4. The summed E-state index contributed by atoms with van der Waals surface area (Å²) in [6, 6.07) is 3.41. The maximum atomic E-state index is 12.9. The van der Waals surface area contributed by atoms with Crippen LogP contribution in [0.25, 0.3) is 0 Å². The molecule has 0 radical (unpaired) electrons. The zero-order chi connectivity index (χ0) is 18.2. The summed E-state index contributed by atoms with van der Waals surface area (Å²) < 4.78 is 11.0. The summed E-state index contributed by atoms with van der Waals surface area (Å²) in [5.74, 6) is 0.574. The molecule has 1 aromatic rings. The van der Waals surface area contributed by atoms with Crippen molar-refractivity contribution in [1.29, 1.82) is 0 Å². The summed E-state index contributed by atoms with van der Waals surface area (Å²) in [5.41, 5.74) is 0. The predicted octanol–water partition coefficient (Wildman–Crippen LogP) is 1.96. The molecule has 0 aromatic carbocycles. The van der Waals surface area contributed by atoms with Gasteiger partial charge in [-0.2, -0.15) is 0 Å². The van der Waals surface area contributed by atoms with Crippen molar-refractivity contribution in [3.63, 3.8) is 0 Å². The van der Waals surface area contributed by atoms with E-state index in [9.17, 15) is 9.59 Å². The number of carbonyl (C=O) groups is 2. The van der Waals surface area contributed by atoms with Gasteiger partial charge in [-0.3, -0.25) is 4.79 Å². The Bertz CT molecular complexity index is 565. The van der Waals surface area contributed by atoms with Crippen LogP contribution in [0.4, 0.5) is 4.79 Å². The molecular formula is C18H27N3O4. The van der Waals surface area contributed by atoms with E-state index in [4.69, 9.17) is 9.15 Å². The molecule has 7 heteroatoms. The van der Waals surface area contributed by atoms with Crippen molar-refractivity contribution in [3.8, 4) is 0 Å². The summed E-state index contributed by atoms with van der Waals surface area (Å²) in [4.78, 5) is 29.7. The lowest BCUT2D eigenvalue weighted by molar-refractivity contribution is -0.134. The second kappa shape index (κ2) is 9.27. The summed E-state index contributed by atoms with van der Waals surface area (Å²) >= 11 is 0. The van der Waals surface area contributed by atoms with E-state index in [1.54, 1.807) is 37.4 Å². The highest BCUT2D eigenvalue weighted by Crippen LogP contribution is 2.16. The van der Waals surface area contributed by atoms with Gasteiger partial charge in [-0.05, 0) is 25.0 Å². The van der Waals surface area contributed by atoms with Crippen LogP contribution >= 0.6 is 0 Å². The summed E-state index contributed by atoms with van der Waals surface area (Å²) in [6.45, 7) is 5.57. The molecule has 7 nitrogen and oxygen atoms in total. The SMILES string of the molecule is C=CCN(CC(=O)N(Cc1ccco1)C[C@@H]1CCCO1)C(=O)N(C)C. The van der Waals surface area contributed by atoms with Gasteiger partial charge in [0, 0.05) is 33.8 Å². The van der Waals surface area contributed by atoms with Crippen LogP contribution in [-0.2, 0) is 16.1 Å². The highest BCUT2D eigenvalue weighted by Gasteiger charge is 2.26. The van der Waals surface area contributed by atoms with Gasteiger partial charge in [-0.1, -0.05) is 6.08 Å². The van der Waals surface area contributed by atoms with E-state index in [1.807, 2.05) is 6.07 Å². The van der Waals surface area contributed by atoms with Gasteiger partial charge in [0.05, 0.1) is 18.9 Å². The van der Waals surface area contributed by atoms with Crippen LogP contribution < -0.4 is 0 Å². The predicted molar refractivity (Wildman–Crippen MR) is 94.0 cm³/mol. The summed E-state index contributed by atoms with van der Waals surface area (Å²) in [5, 5.41) is 0. The van der Waals surface area contributed by atoms with E-state index in [2.05, 4.69) is 6.58 Å². The fraction of sp³-hybridized carbons (Fsp3) is 0.556. The number of ether oxygens (including phenoxy) is 1. The first kappa shape index (κ1) is 19.1. The molecule has 1 fully saturated rings. The molecule has 0 aliphatic carbocycles. The molecule has 1 aromatic heterocycles. The fourth-order valence-corrected chi connectivity index (χ4v) is 2.79. The maximum absolute atomic E-state index is 12.9. The van der Waals surface area contributed by atoms with Crippen molar-refractivity contribution in [2.45, 2.75) is 25.5 Å². The zero-order valence-corrected chi connectivity index (χ0v) is 15.0. The highest BCUT2D eigenvalue weighted by atomic mass is 16.5. The zero-order valence-electron chi connectivity index (χ0n) is 15.0.